The fourth-order valence-electron chi connectivity index (χ4n) is 1.07. The van der Waals surface area contributed by atoms with Gasteiger partial charge in [0.1, 0.15) is 0 Å². The van der Waals surface area contributed by atoms with Crippen molar-refractivity contribution in [2.24, 2.45) is 0 Å². The molecule has 9 heavy (non-hydrogen) atoms. The van der Waals surface area contributed by atoms with Crippen molar-refractivity contribution in [1.29, 1.82) is 0 Å². The summed E-state index contributed by atoms with van der Waals surface area (Å²) in [5.74, 6) is 0. The lowest BCUT2D eigenvalue weighted by Crippen LogP contribution is -2.31. The summed E-state index contributed by atoms with van der Waals surface area (Å²) in [5.41, 5.74) is 0. The molecule has 0 aromatic rings. The maximum absolute atomic E-state index is 10.2. The van der Waals surface area contributed by atoms with Gasteiger partial charge in [0.15, 0.2) is 0 Å². The van der Waals surface area contributed by atoms with Crippen LogP contribution < -0.4 is 5.32 Å². The quantitative estimate of drug-likeness (QED) is 0.505. The molecule has 1 aliphatic heterocycles. The molecule has 0 aromatic carbocycles. The van der Waals surface area contributed by atoms with Crippen molar-refractivity contribution in [3.05, 3.63) is 0 Å². The normalized spacial score (nSPS) is 26.1. The molecule has 1 heterocycles. The van der Waals surface area contributed by atoms with Crippen molar-refractivity contribution in [3.63, 3.8) is 0 Å². The van der Waals surface area contributed by atoms with E-state index in [2.05, 4.69) is 5.32 Å². The largest absolute Gasteiger partial charge is 0.344 e. The third kappa shape index (κ3) is 1.42. The molecule has 3 nitrogen and oxygen atoms in total. The van der Waals surface area contributed by atoms with Crippen LogP contribution in [-0.4, -0.2) is 37.5 Å². The SMILES string of the molecule is CN(C=O)C1CCNC1. The van der Waals surface area contributed by atoms with Crippen LogP contribution in [0.2, 0.25) is 0 Å². The van der Waals surface area contributed by atoms with Gasteiger partial charge in [-0.25, -0.2) is 0 Å². The highest BCUT2D eigenvalue weighted by Crippen LogP contribution is 2.02. The van der Waals surface area contributed by atoms with Crippen molar-refractivity contribution in [2.75, 3.05) is 20.1 Å². The summed E-state index contributed by atoms with van der Waals surface area (Å²) in [4.78, 5) is 11.9. The maximum atomic E-state index is 10.2. The van der Waals surface area contributed by atoms with Crippen LogP contribution in [0.1, 0.15) is 6.42 Å². The van der Waals surface area contributed by atoms with Gasteiger partial charge in [-0.3, -0.25) is 4.79 Å². The Morgan fingerprint density at radius 1 is 1.78 bits per heavy atom. The first-order valence-electron chi connectivity index (χ1n) is 3.22. The molecular weight excluding hydrogens is 116 g/mol. The number of amides is 1. The number of likely N-dealkylation sites (N-methyl/N-ethyl adjacent to an activating group) is 1. The van der Waals surface area contributed by atoms with Crippen LogP contribution in [0.3, 0.4) is 0 Å². The van der Waals surface area contributed by atoms with E-state index in [-0.39, 0.29) is 0 Å². The van der Waals surface area contributed by atoms with E-state index in [1.165, 1.54) is 0 Å². The van der Waals surface area contributed by atoms with E-state index in [0.717, 1.165) is 25.9 Å². The zero-order valence-corrected chi connectivity index (χ0v) is 5.63. The topological polar surface area (TPSA) is 32.3 Å². The molecule has 1 fully saturated rings. The van der Waals surface area contributed by atoms with E-state index in [9.17, 15) is 4.79 Å². The standard InChI is InChI=1S/C6H12N2O/c1-8(5-9)6-2-3-7-4-6/h5-7H,2-4H2,1H3. The van der Waals surface area contributed by atoms with E-state index >= 15 is 0 Å². The molecule has 52 valence electrons. The average Bonchev–Trinajstić information content (AvgIpc) is 2.37. The Bertz CT molecular complexity index is 99.2. The lowest BCUT2D eigenvalue weighted by Gasteiger charge is -2.17. The summed E-state index contributed by atoms with van der Waals surface area (Å²) >= 11 is 0. The predicted molar refractivity (Wildman–Crippen MR) is 35.1 cm³/mol. The van der Waals surface area contributed by atoms with E-state index in [1.807, 2.05) is 7.05 Å². The van der Waals surface area contributed by atoms with Gasteiger partial charge in [0.25, 0.3) is 0 Å². The number of carbonyl (C=O) groups excluding carboxylic acids is 1. The first-order valence-corrected chi connectivity index (χ1v) is 3.22. The van der Waals surface area contributed by atoms with Crippen LogP contribution in [0.15, 0.2) is 0 Å². The number of nitrogens with one attached hydrogen (secondary N) is 1. The second-order valence-electron chi connectivity index (χ2n) is 2.42. The van der Waals surface area contributed by atoms with E-state index in [4.69, 9.17) is 0 Å². The highest BCUT2D eigenvalue weighted by atomic mass is 16.1. The van der Waals surface area contributed by atoms with E-state index < -0.39 is 0 Å². The Kier molecular flexibility index (Phi) is 2.05. The highest BCUT2D eigenvalue weighted by Gasteiger charge is 2.16. The molecule has 0 spiro atoms. The molecule has 1 aliphatic rings. The van der Waals surface area contributed by atoms with Gasteiger partial charge in [-0.05, 0) is 13.0 Å². The Balaban J connectivity index is 2.32. The van der Waals surface area contributed by atoms with Crippen LogP contribution >= 0.6 is 0 Å². The molecule has 1 atom stereocenters. The Morgan fingerprint density at radius 3 is 3.00 bits per heavy atom. The smallest absolute Gasteiger partial charge is 0.209 e. The van der Waals surface area contributed by atoms with Crippen molar-refractivity contribution in [1.82, 2.24) is 10.2 Å². The molecule has 0 radical (unpaired) electrons. The molecule has 1 saturated heterocycles. The minimum Gasteiger partial charge on any atom is -0.344 e. The van der Waals surface area contributed by atoms with Gasteiger partial charge < -0.3 is 10.2 Å². The molecule has 1 unspecified atom stereocenters. The molecule has 0 aliphatic carbocycles. The molecule has 1 rings (SSSR count). The average molecular weight is 128 g/mol. The van der Waals surface area contributed by atoms with Crippen LogP contribution in [0.4, 0.5) is 0 Å². The van der Waals surface area contributed by atoms with Gasteiger partial charge in [0.05, 0.1) is 0 Å². The van der Waals surface area contributed by atoms with Gasteiger partial charge >= 0.3 is 0 Å². The lowest BCUT2D eigenvalue weighted by molar-refractivity contribution is -0.118. The maximum Gasteiger partial charge on any atom is 0.209 e. The third-order valence-corrected chi connectivity index (χ3v) is 1.78. The molecular formula is C6H12N2O. The molecule has 0 saturated carbocycles. The fourth-order valence-corrected chi connectivity index (χ4v) is 1.07. The molecule has 1 N–H and O–H groups in total. The van der Waals surface area contributed by atoms with Gasteiger partial charge in [-0.2, -0.15) is 0 Å². The minimum atomic E-state index is 0.433. The zero-order chi connectivity index (χ0) is 6.69. The van der Waals surface area contributed by atoms with Gasteiger partial charge in [-0.15, -0.1) is 0 Å². The summed E-state index contributed by atoms with van der Waals surface area (Å²) in [5, 5.41) is 3.19. The van der Waals surface area contributed by atoms with E-state index in [1.54, 1.807) is 4.90 Å². The zero-order valence-electron chi connectivity index (χ0n) is 5.63. The van der Waals surface area contributed by atoms with Gasteiger partial charge in [0, 0.05) is 19.6 Å². The van der Waals surface area contributed by atoms with Gasteiger partial charge in [-0.1, -0.05) is 0 Å². The van der Waals surface area contributed by atoms with Crippen molar-refractivity contribution < 1.29 is 4.79 Å². The Labute approximate surface area is 55.0 Å². The lowest BCUT2D eigenvalue weighted by atomic mass is 10.2. The minimum absolute atomic E-state index is 0.433. The van der Waals surface area contributed by atoms with Crippen LogP contribution in [0.25, 0.3) is 0 Å². The first kappa shape index (κ1) is 6.55. The number of carbonyl (C=O) groups is 1. The second-order valence-corrected chi connectivity index (χ2v) is 2.42. The van der Waals surface area contributed by atoms with Crippen molar-refractivity contribution in [2.45, 2.75) is 12.5 Å². The van der Waals surface area contributed by atoms with Crippen LogP contribution in [0.5, 0.6) is 0 Å². The summed E-state index contributed by atoms with van der Waals surface area (Å²) in [6.45, 7) is 2.00. The third-order valence-electron chi connectivity index (χ3n) is 1.78. The second kappa shape index (κ2) is 2.82. The monoisotopic (exact) mass is 128 g/mol. The van der Waals surface area contributed by atoms with Crippen LogP contribution in [-0.2, 0) is 4.79 Å². The molecule has 0 bridgehead atoms. The van der Waals surface area contributed by atoms with Gasteiger partial charge in [0.2, 0.25) is 6.41 Å². The molecule has 1 amide bonds. The Morgan fingerprint density at radius 2 is 2.56 bits per heavy atom. The summed E-state index contributed by atoms with van der Waals surface area (Å²) in [7, 11) is 1.82. The first-order chi connectivity index (χ1) is 4.34. The highest BCUT2D eigenvalue weighted by molar-refractivity contribution is 5.47. The summed E-state index contributed by atoms with van der Waals surface area (Å²) < 4.78 is 0. The fraction of sp³-hybridized carbons (Fsp3) is 0.833. The number of hydrogen-bond donors (Lipinski definition) is 1. The molecule has 0 aromatic heterocycles. The molecule has 3 heteroatoms. The predicted octanol–water partition coefficient (Wildman–Crippen LogP) is -0.563. The summed E-state index contributed by atoms with van der Waals surface area (Å²) in [6, 6.07) is 0.433. The summed E-state index contributed by atoms with van der Waals surface area (Å²) in [6.07, 6.45) is 1.98. The Hall–Kier alpha value is -0.570. The van der Waals surface area contributed by atoms with Crippen LogP contribution in [0, 0.1) is 0 Å². The number of nitrogens with zero attached hydrogens (tertiary/aromatic N) is 1. The number of hydrogen-bond acceptors (Lipinski definition) is 2. The van der Waals surface area contributed by atoms with Crippen molar-refractivity contribution >= 4 is 6.41 Å². The van der Waals surface area contributed by atoms with E-state index in [0.29, 0.717) is 6.04 Å². The van der Waals surface area contributed by atoms with Crippen molar-refractivity contribution in [3.8, 4) is 0 Å². The number of rotatable bonds is 2.